The first kappa shape index (κ1) is 28.2. The summed E-state index contributed by atoms with van der Waals surface area (Å²) in [6.45, 7) is 5.61. The molecular formula is C29H33F2N7O3. The number of nitrogens with two attached hydrogens (primary N) is 1. The zero-order valence-electron chi connectivity index (χ0n) is 23.3. The van der Waals surface area contributed by atoms with Crippen molar-refractivity contribution < 1.29 is 23.0 Å². The molecule has 3 heterocycles. The first-order chi connectivity index (χ1) is 19.6. The van der Waals surface area contributed by atoms with Crippen LogP contribution in [0, 0.1) is 17.6 Å². The Morgan fingerprint density at radius 1 is 1.15 bits per heavy atom. The molecule has 10 nitrogen and oxygen atoms in total. The van der Waals surface area contributed by atoms with Gasteiger partial charge in [-0.15, -0.1) is 0 Å². The van der Waals surface area contributed by atoms with Crippen molar-refractivity contribution in [3.8, 4) is 17.0 Å². The van der Waals surface area contributed by atoms with Crippen LogP contribution in [0.15, 0.2) is 48.9 Å². The SMILES string of the molecule is COC(=O)N[C@@H]1[C@H](N)C[C@H](c2ccncc2Nc2ncc3ccc(-c4c(F)cc(OC(C)C)cc4F)nn23)C[C@@H]1C. The van der Waals surface area contributed by atoms with Gasteiger partial charge in [-0.3, -0.25) is 4.98 Å². The smallest absolute Gasteiger partial charge is 0.407 e. The molecule has 1 amide bonds. The van der Waals surface area contributed by atoms with Crippen LogP contribution in [0.1, 0.15) is 45.1 Å². The molecule has 1 aliphatic rings. The highest BCUT2D eigenvalue weighted by Gasteiger charge is 2.36. The van der Waals surface area contributed by atoms with Crippen LogP contribution in [0.25, 0.3) is 16.8 Å². The topological polar surface area (TPSA) is 129 Å². The molecule has 0 aliphatic heterocycles. The van der Waals surface area contributed by atoms with Crippen LogP contribution in [-0.4, -0.2) is 51.0 Å². The molecule has 12 heteroatoms. The number of nitrogens with zero attached hydrogens (tertiary/aromatic N) is 4. The highest BCUT2D eigenvalue weighted by atomic mass is 19.1. The number of methoxy groups -OCH3 is 1. The zero-order chi connectivity index (χ0) is 29.3. The molecule has 3 aromatic heterocycles. The number of aromatic nitrogens is 4. The van der Waals surface area contributed by atoms with Crippen molar-refractivity contribution in [1.82, 2.24) is 24.9 Å². The van der Waals surface area contributed by atoms with Crippen LogP contribution >= 0.6 is 0 Å². The summed E-state index contributed by atoms with van der Waals surface area (Å²) >= 11 is 0. The number of alkyl carbamates (subject to hydrolysis) is 1. The van der Waals surface area contributed by atoms with Gasteiger partial charge >= 0.3 is 6.09 Å². The third-order valence-electron chi connectivity index (χ3n) is 7.33. The number of hydrogen-bond donors (Lipinski definition) is 3. The highest BCUT2D eigenvalue weighted by molar-refractivity contribution is 5.68. The van der Waals surface area contributed by atoms with Gasteiger partial charge < -0.3 is 25.8 Å². The van der Waals surface area contributed by atoms with Crippen molar-refractivity contribution in [1.29, 1.82) is 0 Å². The fraction of sp³-hybridized carbons (Fsp3) is 0.379. The van der Waals surface area contributed by atoms with Crippen molar-refractivity contribution in [3.05, 3.63) is 66.1 Å². The number of benzene rings is 1. The predicted molar refractivity (Wildman–Crippen MR) is 150 cm³/mol. The molecule has 0 saturated heterocycles. The monoisotopic (exact) mass is 565 g/mol. The maximum atomic E-state index is 15.0. The molecule has 4 aromatic rings. The Kier molecular flexibility index (Phi) is 8.02. The van der Waals surface area contributed by atoms with E-state index < -0.39 is 17.7 Å². The fourth-order valence-corrected chi connectivity index (χ4v) is 5.51. The molecule has 0 unspecified atom stereocenters. The van der Waals surface area contributed by atoms with Gasteiger partial charge in [0.15, 0.2) is 0 Å². The molecule has 5 rings (SSSR count). The van der Waals surface area contributed by atoms with Gasteiger partial charge in [0.1, 0.15) is 17.4 Å². The zero-order valence-corrected chi connectivity index (χ0v) is 23.3. The van der Waals surface area contributed by atoms with Gasteiger partial charge in [-0.1, -0.05) is 6.92 Å². The summed E-state index contributed by atoms with van der Waals surface area (Å²) in [6.07, 6.45) is 5.72. The lowest BCUT2D eigenvalue weighted by Gasteiger charge is -2.39. The van der Waals surface area contributed by atoms with Crippen molar-refractivity contribution >= 4 is 23.2 Å². The van der Waals surface area contributed by atoms with Crippen molar-refractivity contribution in [2.45, 2.75) is 57.7 Å². The second-order valence-electron chi connectivity index (χ2n) is 10.6. The fourth-order valence-electron chi connectivity index (χ4n) is 5.51. The number of nitrogens with one attached hydrogen (secondary N) is 2. The molecule has 0 spiro atoms. The van der Waals surface area contributed by atoms with E-state index in [0.717, 1.165) is 24.1 Å². The van der Waals surface area contributed by atoms with E-state index in [1.807, 2.05) is 13.0 Å². The number of carbonyl (C=O) groups is 1. The number of ether oxygens (including phenoxy) is 2. The molecule has 0 radical (unpaired) electrons. The van der Waals surface area contributed by atoms with Gasteiger partial charge in [0, 0.05) is 30.4 Å². The van der Waals surface area contributed by atoms with Crippen LogP contribution in [0.3, 0.4) is 0 Å². The predicted octanol–water partition coefficient (Wildman–Crippen LogP) is 5.17. The van der Waals surface area contributed by atoms with E-state index >= 15 is 8.78 Å². The van der Waals surface area contributed by atoms with E-state index in [0.29, 0.717) is 23.6 Å². The third-order valence-corrected chi connectivity index (χ3v) is 7.33. The number of fused-ring (bicyclic) bond motifs is 1. The van der Waals surface area contributed by atoms with E-state index in [1.165, 1.54) is 11.6 Å². The Morgan fingerprint density at radius 3 is 2.59 bits per heavy atom. The van der Waals surface area contributed by atoms with Crippen LogP contribution in [0.4, 0.5) is 25.2 Å². The number of halogens is 2. The second-order valence-corrected chi connectivity index (χ2v) is 10.6. The molecule has 4 N–H and O–H groups in total. The number of carbonyl (C=O) groups excluding carboxylic acids is 1. The molecule has 216 valence electrons. The lowest BCUT2D eigenvalue weighted by atomic mass is 9.73. The standard InChI is InChI=1S/C29H33F2N7O3/c1-15(2)41-19-11-21(30)26(22(31)12-19)24-6-5-18-13-34-28(38(18)37-24)35-25-14-33-8-7-20(25)17-9-16(3)27(23(32)10-17)36-29(39)40-4/h5-8,11-17,23,27H,9-10,32H2,1-4H3,(H,34,35)(H,36,39)/t16-,17+,23+,27-/m0/s1. The average molecular weight is 566 g/mol. The summed E-state index contributed by atoms with van der Waals surface area (Å²) in [5, 5.41) is 10.7. The van der Waals surface area contributed by atoms with Crippen LogP contribution < -0.4 is 21.1 Å². The molecule has 1 aliphatic carbocycles. The Bertz CT molecular complexity index is 1530. The minimum atomic E-state index is -0.778. The Hall–Kier alpha value is -4.32. The Labute approximate surface area is 236 Å². The molecule has 1 aromatic carbocycles. The minimum absolute atomic E-state index is 0.0886. The molecule has 1 saturated carbocycles. The summed E-state index contributed by atoms with van der Waals surface area (Å²) in [5.74, 6) is -0.903. The largest absolute Gasteiger partial charge is 0.491 e. The maximum Gasteiger partial charge on any atom is 0.407 e. The van der Waals surface area contributed by atoms with Gasteiger partial charge in [0.05, 0.1) is 48.1 Å². The van der Waals surface area contributed by atoms with Crippen LogP contribution in [-0.2, 0) is 4.74 Å². The van der Waals surface area contributed by atoms with Crippen LogP contribution in [0.2, 0.25) is 0 Å². The highest BCUT2D eigenvalue weighted by Crippen LogP contribution is 2.39. The molecule has 0 bridgehead atoms. The number of imidazole rings is 1. The van der Waals surface area contributed by atoms with Gasteiger partial charge in [-0.05, 0) is 62.3 Å². The number of rotatable bonds is 7. The van der Waals surface area contributed by atoms with E-state index in [-0.39, 0.29) is 47.0 Å². The van der Waals surface area contributed by atoms with E-state index in [4.69, 9.17) is 15.2 Å². The van der Waals surface area contributed by atoms with Crippen molar-refractivity contribution in [2.24, 2.45) is 11.7 Å². The maximum absolute atomic E-state index is 15.0. The summed E-state index contributed by atoms with van der Waals surface area (Å²) in [4.78, 5) is 20.5. The molecule has 4 atom stereocenters. The summed E-state index contributed by atoms with van der Waals surface area (Å²) in [6, 6.07) is 6.99. The van der Waals surface area contributed by atoms with Crippen molar-refractivity contribution in [2.75, 3.05) is 12.4 Å². The lowest BCUT2D eigenvalue weighted by Crippen LogP contribution is -2.54. The number of hydrogen-bond acceptors (Lipinski definition) is 8. The van der Waals surface area contributed by atoms with Gasteiger partial charge in [-0.2, -0.15) is 9.61 Å². The van der Waals surface area contributed by atoms with Gasteiger partial charge in [0.25, 0.3) is 0 Å². The second kappa shape index (κ2) is 11.7. The average Bonchev–Trinajstić information content (AvgIpc) is 3.32. The quantitative estimate of drug-likeness (QED) is 0.280. The Balaban J connectivity index is 1.43. The summed E-state index contributed by atoms with van der Waals surface area (Å²) in [7, 11) is 1.33. The third kappa shape index (κ3) is 5.92. The molecule has 1 fully saturated rings. The van der Waals surface area contributed by atoms with Gasteiger partial charge in [0.2, 0.25) is 5.95 Å². The first-order valence-corrected chi connectivity index (χ1v) is 13.5. The summed E-state index contributed by atoms with van der Waals surface area (Å²) in [5.41, 5.74) is 8.67. The van der Waals surface area contributed by atoms with Gasteiger partial charge in [-0.25, -0.2) is 18.6 Å². The number of pyridine rings is 1. The molecule has 41 heavy (non-hydrogen) atoms. The van der Waals surface area contributed by atoms with Crippen molar-refractivity contribution in [3.63, 3.8) is 0 Å². The van der Waals surface area contributed by atoms with Crippen LogP contribution in [0.5, 0.6) is 5.75 Å². The summed E-state index contributed by atoms with van der Waals surface area (Å²) < 4.78 is 41.7. The normalized spacial score (nSPS) is 20.7. The molecular weight excluding hydrogens is 532 g/mol. The lowest BCUT2D eigenvalue weighted by molar-refractivity contribution is 0.149. The first-order valence-electron chi connectivity index (χ1n) is 13.5. The number of amides is 1. The number of anilines is 2. The van der Waals surface area contributed by atoms with E-state index in [1.54, 1.807) is 44.6 Å². The minimum Gasteiger partial charge on any atom is -0.491 e. The van der Waals surface area contributed by atoms with E-state index in [2.05, 4.69) is 25.7 Å². The Morgan fingerprint density at radius 2 is 1.90 bits per heavy atom. The van der Waals surface area contributed by atoms with E-state index in [9.17, 15) is 4.79 Å².